The van der Waals surface area contributed by atoms with Crippen molar-refractivity contribution < 1.29 is 34.2 Å². The van der Waals surface area contributed by atoms with Gasteiger partial charge in [-0.25, -0.2) is 4.79 Å². The molecule has 0 aromatic rings. The van der Waals surface area contributed by atoms with E-state index in [1.807, 2.05) is 5.32 Å². The molecule has 4 atom stereocenters. The largest absolute Gasteiger partial charge is 0.480 e. The zero-order chi connectivity index (χ0) is 22.0. The van der Waals surface area contributed by atoms with Crippen molar-refractivity contribution in [1.82, 2.24) is 16.0 Å². The van der Waals surface area contributed by atoms with Gasteiger partial charge in [-0.05, 0) is 19.3 Å². The highest BCUT2D eigenvalue weighted by molar-refractivity contribution is 5.94. The predicted octanol–water partition coefficient (Wildman–Crippen LogP) is -3.21. The molecule has 0 aromatic heterocycles. The van der Waals surface area contributed by atoms with Gasteiger partial charge in [-0.3, -0.25) is 19.2 Å². The van der Waals surface area contributed by atoms with E-state index in [0.717, 1.165) is 0 Å². The molecule has 9 N–H and O–H groups in total. The van der Waals surface area contributed by atoms with Crippen LogP contribution in [0.4, 0.5) is 0 Å². The summed E-state index contributed by atoms with van der Waals surface area (Å²) in [5.41, 5.74) is 10.8. The monoisotopic (exact) mass is 403 g/mol. The van der Waals surface area contributed by atoms with E-state index in [4.69, 9.17) is 21.7 Å². The maximum absolute atomic E-state index is 12.4. The number of primary amides is 1. The van der Waals surface area contributed by atoms with Gasteiger partial charge < -0.3 is 37.6 Å². The van der Waals surface area contributed by atoms with Crippen LogP contribution in [0.1, 0.15) is 33.6 Å². The Kier molecular flexibility index (Phi) is 10.7. The lowest BCUT2D eigenvalue weighted by atomic mass is 10.0. The third-order valence-corrected chi connectivity index (χ3v) is 3.88. The molecule has 0 aliphatic heterocycles. The van der Waals surface area contributed by atoms with E-state index in [2.05, 4.69) is 10.6 Å². The minimum atomic E-state index is -1.53. The second-order valence-electron chi connectivity index (χ2n) is 6.65. The van der Waals surface area contributed by atoms with Crippen LogP contribution in [0.2, 0.25) is 0 Å². The van der Waals surface area contributed by atoms with Crippen LogP contribution >= 0.6 is 0 Å². The van der Waals surface area contributed by atoms with Crippen molar-refractivity contribution >= 4 is 29.6 Å². The number of rotatable bonds is 12. The summed E-state index contributed by atoms with van der Waals surface area (Å²) in [5, 5.41) is 24.5. The molecule has 4 unspecified atom stereocenters. The molecule has 0 aromatic carbocycles. The minimum absolute atomic E-state index is 0.111. The maximum atomic E-state index is 12.4. The lowest BCUT2D eigenvalue weighted by Crippen LogP contribution is -2.57. The Bertz CT molecular complexity index is 596. The molecule has 4 amide bonds. The fraction of sp³-hybridized carbons (Fsp3) is 0.688. The fourth-order valence-corrected chi connectivity index (χ4v) is 1.99. The second kappa shape index (κ2) is 11.9. The van der Waals surface area contributed by atoms with Gasteiger partial charge in [0, 0.05) is 6.42 Å². The Morgan fingerprint density at radius 3 is 1.86 bits per heavy atom. The lowest BCUT2D eigenvalue weighted by Gasteiger charge is -2.24. The van der Waals surface area contributed by atoms with Gasteiger partial charge in [-0.15, -0.1) is 0 Å². The number of carboxylic acids is 1. The van der Waals surface area contributed by atoms with Gasteiger partial charge in [0.2, 0.25) is 23.6 Å². The van der Waals surface area contributed by atoms with Gasteiger partial charge in [0.25, 0.3) is 0 Å². The zero-order valence-corrected chi connectivity index (χ0v) is 16.1. The molecule has 0 radical (unpaired) electrons. The van der Waals surface area contributed by atoms with Crippen LogP contribution in [0.25, 0.3) is 0 Å². The summed E-state index contributed by atoms with van der Waals surface area (Å²) in [4.78, 5) is 58.4. The molecule has 0 saturated carbocycles. The third-order valence-electron chi connectivity index (χ3n) is 3.88. The van der Waals surface area contributed by atoms with E-state index < -0.39 is 60.4 Å². The van der Waals surface area contributed by atoms with Crippen molar-refractivity contribution in [3.63, 3.8) is 0 Å². The molecule has 12 nitrogen and oxygen atoms in total. The average molecular weight is 403 g/mol. The molecule has 0 aliphatic carbocycles. The van der Waals surface area contributed by atoms with Crippen molar-refractivity contribution in [3.05, 3.63) is 0 Å². The summed E-state index contributed by atoms with van der Waals surface area (Å²) < 4.78 is 0. The number of nitrogens with one attached hydrogen (secondary N) is 3. The molecule has 0 aliphatic rings. The fourth-order valence-electron chi connectivity index (χ4n) is 1.99. The number of aliphatic hydroxyl groups is 1. The topological polar surface area (TPSA) is 214 Å². The molecule has 0 spiro atoms. The van der Waals surface area contributed by atoms with Crippen molar-refractivity contribution in [2.24, 2.45) is 17.4 Å². The number of hydrogen-bond acceptors (Lipinski definition) is 7. The van der Waals surface area contributed by atoms with E-state index in [1.54, 1.807) is 13.8 Å². The average Bonchev–Trinajstić information content (AvgIpc) is 2.60. The number of carbonyl (C=O) groups excluding carboxylic acids is 4. The van der Waals surface area contributed by atoms with Crippen molar-refractivity contribution in [2.75, 3.05) is 6.61 Å². The van der Waals surface area contributed by atoms with Crippen LogP contribution in [-0.4, -0.2) is 70.6 Å². The summed E-state index contributed by atoms with van der Waals surface area (Å²) in [6, 6.07) is -4.76. The van der Waals surface area contributed by atoms with E-state index >= 15 is 0 Å². The molecule has 0 saturated heterocycles. The van der Waals surface area contributed by atoms with Gasteiger partial charge in [0.05, 0.1) is 12.6 Å². The number of nitrogens with two attached hydrogens (primary N) is 2. The Morgan fingerprint density at radius 1 is 0.893 bits per heavy atom. The summed E-state index contributed by atoms with van der Waals surface area (Å²) in [6.07, 6.45) is -0.304. The first-order valence-electron chi connectivity index (χ1n) is 8.69. The molecule has 12 heteroatoms. The molecular formula is C16H29N5O7. The predicted molar refractivity (Wildman–Crippen MR) is 97.4 cm³/mol. The molecule has 0 heterocycles. The molecule has 0 bridgehead atoms. The molecule has 0 rings (SSSR count). The standard InChI is InChI=1S/C16H29N5O7/c1-7(2)12(18)15(26)20-9(4-5-11(17)23)14(25)19-8(3)13(24)21-10(6-22)16(27)28/h7-10,12,22H,4-6,18H2,1-3H3,(H2,17,23)(H,19,25)(H,20,26)(H,21,24)(H,27,28). The van der Waals surface area contributed by atoms with Crippen molar-refractivity contribution in [1.29, 1.82) is 0 Å². The first-order valence-corrected chi connectivity index (χ1v) is 8.69. The summed E-state index contributed by atoms with van der Waals surface area (Å²) >= 11 is 0. The highest BCUT2D eigenvalue weighted by atomic mass is 16.4. The summed E-state index contributed by atoms with van der Waals surface area (Å²) in [7, 11) is 0. The minimum Gasteiger partial charge on any atom is -0.480 e. The van der Waals surface area contributed by atoms with Crippen LogP contribution in [0, 0.1) is 5.92 Å². The molecule has 28 heavy (non-hydrogen) atoms. The van der Waals surface area contributed by atoms with Gasteiger partial charge in [0.1, 0.15) is 18.1 Å². The van der Waals surface area contributed by atoms with Crippen molar-refractivity contribution in [2.45, 2.75) is 57.8 Å². The smallest absolute Gasteiger partial charge is 0.328 e. The maximum Gasteiger partial charge on any atom is 0.328 e. The highest BCUT2D eigenvalue weighted by Gasteiger charge is 2.28. The summed E-state index contributed by atoms with van der Waals surface area (Å²) in [5.74, 6) is -4.56. The first-order chi connectivity index (χ1) is 12.9. The van der Waals surface area contributed by atoms with Gasteiger partial charge in [0.15, 0.2) is 0 Å². The number of aliphatic carboxylic acids is 1. The molecule has 160 valence electrons. The van der Waals surface area contributed by atoms with Gasteiger partial charge >= 0.3 is 5.97 Å². The van der Waals surface area contributed by atoms with E-state index in [-0.39, 0.29) is 18.8 Å². The Balaban J connectivity index is 5.06. The van der Waals surface area contributed by atoms with Gasteiger partial charge in [-0.1, -0.05) is 13.8 Å². The normalized spacial score (nSPS) is 15.1. The zero-order valence-electron chi connectivity index (χ0n) is 16.1. The van der Waals surface area contributed by atoms with E-state index in [0.29, 0.717) is 0 Å². The number of hydrogen-bond donors (Lipinski definition) is 7. The lowest BCUT2D eigenvalue weighted by molar-refractivity contribution is -0.143. The molecular weight excluding hydrogens is 374 g/mol. The number of amides is 4. The number of carboxylic acid groups (broad SMARTS) is 1. The van der Waals surface area contributed by atoms with Crippen LogP contribution in [0.5, 0.6) is 0 Å². The van der Waals surface area contributed by atoms with Crippen molar-refractivity contribution in [3.8, 4) is 0 Å². The Hall–Kier alpha value is -2.73. The first kappa shape index (κ1) is 25.3. The summed E-state index contributed by atoms with van der Waals surface area (Å²) in [6.45, 7) is 3.90. The highest BCUT2D eigenvalue weighted by Crippen LogP contribution is 2.03. The van der Waals surface area contributed by atoms with E-state index in [9.17, 15) is 24.0 Å². The second-order valence-corrected chi connectivity index (χ2v) is 6.65. The van der Waals surface area contributed by atoms with Crippen LogP contribution in [-0.2, 0) is 24.0 Å². The third kappa shape index (κ3) is 8.77. The Labute approximate surface area is 162 Å². The van der Waals surface area contributed by atoms with Crippen LogP contribution in [0.15, 0.2) is 0 Å². The molecule has 0 fully saturated rings. The quantitative estimate of drug-likeness (QED) is 0.175. The SMILES string of the molecule is CC(NC(=O)C(CCC(N)=O)NC(=O)C(N)C(C)C)C(=O)NC(CO)C(=O)O. The number of aliphatic hydroxyl groups excluding tert-OH is 1. The van der Waals surface area contributed by atoms with Crippen LogP contribution in [0.3, 0.4) is 0 Å². The van der Waals surface area contributed by atoms with E-state index in [1.165, 1.54) is 6.92 Å². The van der Waals surface area contributed by atoms with Gasteiger partial charge in [-0.2, -0.15) is 0 Å². The number of carbonyl (C=O) groups is 5. The van der Waals surface area contributed by atoms with Crippen LogP contribution < -0.4 is 27.4 Å². The Morgan fingerprint density at radius 2 is 1.43 bits per heavy atom.